The molecule has 0 fully saturated rings. The van der Waals surface area contributed by atoms with Crippen LogP contribution in [0.1, 0.15) is 0 Å². The molecule has 6 rings (SSSR count). The van der Waals surface area contributed by atoms with E-state index in [1.165, 1.54) is 31.8 Å². The first kappa shape index (κ1) is 41.0. The Kier molecular flexibility index (Phi) is 21.4. The first-order valence-electron chi connectivity index (χ1n) is 12.8. The Morgan fingerprint density at radius 2 is 0.326 bits per heavy atom. The van der Waals surface area contributed by atoms with Crippen molar-refractivity contribution in [3.05, 3.63) is 182 Å². The van der Waals surface area contributed by atoms with E-state index in [0.717, 1.165) is 0 Å². The first-order valence-corrected chi connectivity index (χ1v) is 15.5. The molecule has 6 aromatic carbocycles. The SMILES string of the molecule is [Cl-].[Cl-].[Cl-].[Cl-].[Ir].c1ccc(P(c2ccccc2)c2ccccc2)cc1.c1ccc(P(c2ccccc2)c2ccccc2)cc1. The maximum Gasteiger partial charge on any atom is 0 e. The van der Waals surface area contributed by atoms with Gasteiger partial charge in [0.15, 0.2) is 0 Å². The van der Waals surface area contributed by atoms with Crippen molar-refractivity contribution in [1.82, 2.24) is 0 Å². The topological polar surface area (TPSA) is 0 Å². The molecule has 6 aromatic rings. The van der Waals surface area contributed by atoms with Crippen LogP contribution in [0.4, 0.5) is 0 Å². The molecule has 1 radical (unpaired) electrons. The molecule has 0 aliphatic rings. The molecule has 0 aliphatic carbocycles. The van der Waals surface area contributed by atoms with Crippen LogP contribution in [0.3, 0.4) is 0 Å². The maximum atomic E-state index is 2.23. The zero-order chi connectivity index (χ0) is 25.8. The summed E-state index contributed by atoms with van der Waals surface area (Å²) in [6.07, 6.45) is 0. The van der Waals surface area contributed by atoms with E-state index in [4.69, 9.17) is 0 Å². The van der Waals surface area contributed by atoms with Crippen molar-refractivity contribution in [2.45, 2.75) is 0 Å². The van der Waals surface area contributed by atoms with Crippen molar-refractivity contribution in [2.75, 3.05) is 0 Å². The summed E-state index contributed by atoms with van der Waals surface area (Å²) in [5, 5.41) is 8.39. The van der Waals surface area contributed by atoms with E-state index in [1.54, 1.807) is 0 Å². The van der Waals surface area contributed by atoms with Crippen molar-refractivity contribution in [1.29, 1.82) is 0 Å². The Bertz CT molecular complexity index is 1190. The molecule has 0 saturated carbocycles. The van der Waals surface area contributed by atoms with Gasteiger partial charge in [0.25, 0.3) is 0 Å². The van der Waals surface area contributed by atoms with Crippen LogP contribution < -0.4 is 81.5 Å². The quantitative estimate of drug-likeness (QED) is 0.148. The summed E-state index contributed by atoms with van der Waals surface area (Å²) in [5.74, 6) is 0. The third-order valence-corrected chi connectivity index (χ3v) is 11.0. The smallest absolute Gasteiger partial charge is 0 e. The average Bonchev–Trinajstić information content (AvgIpc) is 3.01. The van der Waals surface area contributed by atoms with E-state index in [0.29, 0.717) is 0 Å². The van der Waals surface area contributed by atoms with Gasteiger partial charge < -0.3 is 49.6 Å². The van der Waals surface area contributed by atoms with Gasteiger partial charge in [-0.2, -0.15) is 0 Å². The molecule has 0 bridgehead atoms. The third kappa shape index (κ3) is 11.8. The standard InChI is InChI=1S/2C18H15P.4ClH.Ir/c2*1-4-10-16(11-5-1)19(17-12-6-2-7-13-17)18-14-8-3-9-15-18;;;;;/h2*1-15H;4*1H;/p-4. The minimum absolute atomic E-state index is 0. The largest absolute Gasteiger partial charge is 1.00 e. The van der Waals surface area contributed by atoms with E-state index in [1.807, 2.05) is 0 Å². The van der Waals surface area contributed by atoms with Gasteiger partial charge in [0.1, 0.15) is 0 Å². The number of hydrogen-bond donors (Lipinski definition) is 0. The van der Waals surface area contributed by atoms with Crippen LogP contribution in [0, 0.1) is 0 Å². The molecule has 43 heavy (non-hydrogen) atoms. The molecule has 0 amide bonds. The summed E-state index contributed by atoms with van der Waals surface area (Å²) in [6.45, 7) is 0. The van der Waals surface area contributed by atoms with Crippen molar-refractivity contribution < 1.29 is 69.7 Å². The second kappa shape index (κ2) is 22.5. The zero-order valence-corrected chi connectivity index (χ0v) is 30.3. The fraction of sp³-hybridized carbons (Fsp3) is 0. The van der Waals surface area contributed by atoms with Gasteiger partial charge in [0.2, 0.25) is 0 Å². The molecular formula is C36H30Cl4IrP2-4. The Morgan fingerprint density at radius 3 is 0.442 bits per heavy atom. The van der Waals surface area contributed by atoms with Crippen LogP contribution in [0.2, 0.25) is 0 Å². The summed E-state index contributed by atoms with van der Waals surface area (Å²) < 4.78 is 0. The van der Waals surface area contributed by atoms with Crippen LogP contribution in [-0.2, 0) is 20.1 Å². The van der Waals surface area contributed by atoms with E-state index in [9.17, 15) is 0 Å². The fourth-order valence-corrected chi connectivity index (χ4v) is 8.97. The molecule has 0 heterocycles. The summed E-state index contributed by atoms with van der Waals surface area (Å²) in [4.78, 5) is 0. The summed E-state index contributed by atoms with van der Waals surface area (Å²) in [5.41, 5.74) is 0. The van der Waals surface area contributed by atoms with Crippen LogP contribution in [0.25, 0.3) is 0 Å². The van der Waals surface area contributed by atoms with Gasteiger partial charge in [-0.3, -0.25) is 0 Å². The van der Waals surface area contributed by atoms with E-state index in [2.05, 4.69) is 182 Å². The number of hydrogen-bond acceptors (Lipinski definition) is 0. The van der Waals surface area contributed by atoms with E-state index in [-0.39, 0.29) is 69.7 Å². The van der Waals surface area contributed by atoms with Crippen molar-refractivity contribution in [3.8, 4) is 0 Å². The molecular weight excluding hydrogens is 828 g/mol. The van der Waals surface area contributed by atoms with Crippen LogP contribution in [-0.4, -0.2) is 0 Å². The normalized spacial score (nSPS) is 9.35. The Labute approximate surface area is 297 Å². The second-order valence-electron chi connectivity index (χ2n) is 8.68. The van der Waals surface area contributed by atoms with E-state index < -0.39 is 15.8 Å². The van der Waals surface area contributed by atoms with Crippen LogP contribution in [0.5, 0.6) is 0 Å². The monoisotopic (exact) mass is 857 g/mol. The minimum Gasteiger partial charge on any atom is -1.00 e. The number of benzene rings is 6. The number of rotatable bonds is 6. The van der Waals surface area contributed by atoms with Crippen molar-refractivity contribution in [3.63, 3.8) is 0 Å². The Hall–Kier alpha value is -2.01. The van der Waals surface area contributed by atoms with Gasteiger partial charge in [-0.1, -0.05) is 182 Å². The number of halogens is 4. The molecule has 0 N–H and O–H groups in total. The van der Waals surface area contributed by atoms with Gasteiger partial charge in [-0.05, 0) is 47.7 Å². The second-order valence-corrected chi connectivity index (χ2v) is 13.1. The molecule has 0 atom stereocenters. The Balaban J connectivity index is 0.000000735. The molecule has 0 nitrogen and oxygen atoms in total. The molecule has 0 unspecified atom stereocenters. The first-order chi connectivity index (χ1) is 18.9. The molecule has 225 valence electrons. The Morgan fingerprint density at radius 1 is 0.209 bits per heavy atom. The predicted molar refractivity (Wildman–Crippen MR) is 170 cm³/mol. The summed E-state index contributed by atoms with van der Waals surface area (Å²) in [7, 11) is -0.892. The van der Waals surface area contributed by atoms with Crippen LogP contribution >= 0.6 is 15.8 Å². The van der Waals surface area contributed by atoms with Gasteiger partial charge in [-0.15, -0.1) is 0 Å². The van der Waals surface area contributed by atoms with Crippen molar-refractivity contribution >= 4 is 47.7 Å². The average molecular weight is 859 g/mol. The third-order valence-electron chi connectivity index (χ3n) is 6.09. The molecule has 7 heteroatoms. The predicted octanol–water partition coefficient (Wildman–Crippen LogP) is -5.10. The van der Waals surface area contributed by atoms with Gasteiger partial charge in [0, 0.05) is 20.1 Å². The molecule has 0 saturated heterocycles. The van der Waals surface area contributed by atoms with Gasteiger partial charge in [-0.25, -0.2) is 0 Å². The zero-order valence-electron chi connectivity index (χ0n) is 23.1. The fourth-order valence-electron chi connectivity index (χ4n) is 4.36. The molecule has 0 aliphatic heterocycles. The summed E-state index contributed by atoms with van der Waals surface area (Å²) in [6, 6.07) is 64.7. The summed E-state index contributed by atoms with van der Waals surface area (Å²) >= 11 is 0. The minimum atomic E-state index is -0.446. The van der Waals surface area contributed by atoms with E-state index >= 15 is 0 Å². The molecule has 0 spiro atoms. The van der Waals surface area contributed by atoms with Crippen molar-refractivity contribution in [2.24, 2.45) is 0 Å². The van der Waals surface area contributed by atoms with Gasteiger partial charge >= 0.3 is 0 Å². The van der Waals surface area contributed by atoms with Gasteiger partial charge in [0.05, 0.1) is 0 Å². The molecule has 0 aromatic heterocycles. The maximum absolute atomic E-state index is 2.23. The van der Waals surface area contributed by atoms with Crippen LogP contribution in [0.15, 0.2) is 182 Å².